The molecule has 3 nitrogen and oxygen atoms in total. The van der Waals surface area contributed by atoms with Gasteiger partial charge in [0, 0.05) is 6.42 Å². The van der Waals surface area contributed by atoms with Crippen molar-refractivity contribution in [3.63, 3.8) is 0 Å². The van der Waals surface area contributed by atoms with Crippen molar-refractivity contribution < 1.29 is 14.9 Å². The van der Waals surface area contributed by atoms with Crippen LogP contribution in [0.3, 0.4) is 0 Å². The Morgan fingerprint density at radius 2 is 1.88 bits per heavy atom. The van der Waals surface area contributed by atoms with Crippen LogP contribution in [0.5, 0.6) is 5.75 Å². The highest BCUT2D eigenvalue weighted by Gasteiger charge is 2.54. The van der Waals surface area contributed by atoms with Crippen molar-refractivity contribution >= 4 is 0 Å². The molecule has 0 aliphatic heterocycles. The quantitative estimate of drug-likeness (QED) is 0.865. The van der Waals surface area contributed by atoms with E-state index in [9.17, 15) is 10.2 Å². The van der Waals surface area contributed by atoms with Crippen molar-refractivity contribution in [2.24, 2.45) is 11.3 Å². The van der Waals surface area contributed by atoms with Crippen molar-refractivity contribution in [2.45, 2.75) is 77.4 Å². The Labute approximate surface area is 146 Å². The van der Waals surface area contributed by atoms with Gasteiger partial charge in [-0.1, -0.05) is 33.8 Å². The predicted molar refractivity (Wildman–Crippen MR) is 96.6 cm³/mol. The van der Waals surface area contributed by atoms with Gasteiger partial charge in [0.05, 0.1) is 18.8 Å². The number of ether oxygens (including phenoxy) is 1. The molecule has 0 heterocycles. The van der Waals surface area contributed by atoms with Gasteiger partial charge in [-0.2, -0.15) is 0 Å². The second-order valence-electron chi connectivity index (χ2n) is 8.82. The van der Waals surface area contributed by atoms with Crippen molar-refractivity contribution in [1.29, 1.82) is 0 Å². The summed E-state index contributed by atoms with van der Waals surface area (Å²) in [7, 11) is 1.71. The normalized spacial score (nSPS) is 32.0. The summed E-state index contributed by atoms with van der Waals surface area (Å²) in [6, 6.07) is 4.36. The van der Waals surface area contributed by atoms with Crippen LogP contribution in [-0.4, -0.2) is 29.0 Å². The van der Waals surface area contributed by atoms with E-state index >= 15 is 0 Å². The fourth-order valence-electron chi connectivity index (χ4n) is 5.04. The van der Waals surface area contributed by atoms with Gasteiger partial charge in [-0.05, 0) is 65.7 Å². The number of aliphatic hydroxyl groups excluding tert-OH is 1. The van der Waals surface area contributed by atoms with Gasteiger partial charge in [0.2, 0.25) is 0 Å². The van der Waals surface area contributed by atoms with E-state index in [0.717, 1.165) is 30.6 Å². The van der Waals surface area contributed by atoms with Crippen LogP contribution in [0.4, 0.5) is 0 Å². The molecule has 0 amide bonds. The summed E-state index contributed by atoms with van der Waals surface area (Å²) in [5.74, 6) is 1.42. The molecule has 0 bridgehead atoms. The molecule has 0 unspecified atom stereocenters. The molecule has 24 heavy (non-hydrogen) atoms. The minimum atomic E-state index is -1.03. The minimum absolute atomic E-state index is 0.0565. The first-order valence-electron chi connectivity index (χ1n) is 9.29. The summed E-state index contributed by atoms with van der Waals surface area (Å²) in [5, 5.41) is 22.1. The van der Waals surface area contributed by atoms with E-state index in [4.69, 9.17) is 4.74 Å². The number of fused-ring (bicyclic) bond motifs is 2. The van der Waals surface area contributed by atoms with Crippen molar-refractivity contribution in [3.05, 3.63) is 28.8 Å². The lowest BCUT2D eigenvalue weighted by atomic mass is 9.58. The molecular formula is C21H32O3. The summed E-state index contributed by atoms with van der Waals surface area (Å²) in [4.78, 5) is 0. The van der Waals surface area contributed by atoms with Crippen LogP contribution in [0.15, 0.2) is 12.1 Å². The summed E-state index contributed by atoms with van der Waals surface area (Å²) in [6.45, 7) is 8.84. The topological polar surface area (TPSA) is 49.7 Å². The summed E-state index contributed by atoms with van der Waals surface area (Å²) < 4.78 is 5.61. The van der Waals surface area contributed by atoms with Gasteiger partial charge in [0.1, 0.15) is 5.75 Å². The molecule has 3 rings (SSSR count). The Balaban J connectivity index is 2.07. The van der Waals surface area contributed by atoms with E-state index in [-0.39, 0.29) is 11.3 Å². The molecule has 3 atom stereocenters. The molecule has 0 aromatic heterocycles. The molecule has 2 aliphatic carbocycles. The average Bonchev–Trinajstić information content (AvgIpc) is 2.67. The molecule has 2 N–H and O–H groups in total. The Morgan fingerprint density at radius 3 is 2.50 bits per heavy atom. The van der Waals surface area contributed by atoms with Crippen LogP contribution in [0.2, 0.25) is 0 Å². The number of benzene rings is 1. The maximum absolute atomic E-state index is 11.5. The molecule has 1 aromatic rings. The fourth-order valence-corrected chi connectivity index (χ4v) is 5.04. The Kier molecular flexibility index (Phi) is 4.46. The number of rotatable bonds is 2. The summed E-state index contributed by atoms with van der Waals surface area (Å²) in [6.07, 6.45) is 3.41. The SMILES string of the molecule is COc1cc2c(cc1C(C)C)CC[C@H]1C(C)(C)CC[C@@H](O)[C@]1(O)C2. The number of hydrogen-bond donors (Lipinski definition) is 2. The van der Waals surface area contributed by atoms with Crippen LogP contribution in [-0.2, 0) is 12.8 Å². The zero-order valence-corrected chi connectivity index (χ0v) is 15.7. The van der Waals surface area contributed by atoms with E-state index in [1.165, 1.54) is 11.1 Å². The third kappa shape index (κ3) is 2.76. The molecule has 2 aliphatic rings. The molecular weight excluding hydrogens is 300 g/mol. The fraction of sp³-hybridized carbons (Fsp3) is 0.714. The third-order valence-corrected chi connectivity index (χ3v) is 6.54. The molecule has 1 fully saturated rings. The molecule has 0 saturated heterocycles. The van der Waals surface area contributed by atoms with E-state index < -0.39 is 11.7 Å². The number of aryl methyl sites for hydroxylation is 1. The lowest BCUT2D eigenvalue weighted by molar-refractivity contribution is -0.173. The molecule has 0 spiro atoms. The van der Waals surface area contributed by atoms with Gasteiger partial charge in [-0.15, -0.1) is 0 Å². The van der Waals surface area contributed by atoms with Crippen LogP contribution >= 0.6 is 0 Å². The highest BCUT2D eigenvalue weighted by molar-refractivity contribution is 5.46. The van der Waals surface area contributed by atoms with E-state index in [0.29, 0.717) is 18.8 Å². The number of aliphatic hydroxyl groups is 2. The predicted octanol–water partition coefficient (Wildman–Crippen LogP) is 3.84. The van der Waals surface area contributed by atoms with Gasteiger partial charge in [0.25, 0.3) is 0 Å². The van der Waals surface area contributed by atoms with E-state index in [1.807, 2.05) is 0 Å². The maximum Gasteiger partial charge on any atom is 0.122 e. The Hall–Kier alpha value is -1.06. The molecule has 134 valence electrons. The average molecular weight is 332 g/mol. The largest absolute Gasteiger partial charge is 0.496 e. The number of methoxy groups -OCH3 is 1. The van der Waals surface area contributed by atoms with Gasteiger partial charge >= 0.3 is 0 Å². The minimum Gasteiger partial charge on any atom is -0.496 e. The summed E-state index contributed by atoms with van der Waals surface area (Å²) >= 11 is 0. The first kappa shape index (κ1) is 17.8. The van der Waals surface area contributed by atoms with Crippen LogP contribution in [0.1, 0.15) is 69.6 Å². The zero-order valence-electron chi connectivity index (χ0n) is 15.7. The van der Waals surface area contributed by atoms with Crippen molar-refractivity contribution in [1.82, 2.24) is 0 Å². The first-order valence-corrected chi connectivity index (χ1v) is 9.29. The van der Waals surface area contributed by atoms with Gasteiger partial charge in [0.15, 0.2) is 0 Å². The third-order valence-electron chi connectivity index (χ3n) is 6.54. The van der Waals surface area contributed by atoms with Gasteiger partial charge in [-0.25, -0.2) is 0 Å². The summed E-state index contributed by atoms with van der Waals surface area (Å²) in [5.41, 5.74) is 2.70. The van der Waals surface area contributed by atoms with Gasteiger partial charge < -0.3 is 14.9 Å². The van der Waals surface area contributed by atoms with Crippen LogP contribution in [0, 0.1) is 11.3 Å². The van der Waals surface area contributed by atoms with E-state index in [1.54, 1.807) is 7.11 Å². The monoisotopic (exact) mass is 332 g/mol. The standard InChI is InChI=1S/C21H32O3/c1-13(2)16-10-14-6-7-18-20(3,4)9-8-19(22)21(18,23)12-15(14)11-17(16)24-5/h10-11,13,18-19,22-23H,6-9,12H2,1-5H3/t18-,19+,21-/m0/s1. The number of hydrogen-bond acceptors (Lipinski definition) is 3. The lowest BCUT2D eigenvalue weighted by Crippen LogP contribution is -2.58. The highest BCUT2D eigenvalue weighted by Crippen LogP contribution is 2.51. The molecule has 3 heteroatoms. The molecule has 1 saturated carbocycles. The van der Waals surface area contributed by atoms with Gasteiger partial charge in [-0.3, -0.25) is 0 Å². The van der Waals surface area contributed by atoms with Crippen molar-refractivity contribution in [3.8, 4) is 5.75 Å². The molecule has 1 aromatic carbocycles. The van der Waals surface area contributed by atoms with Crippen LogP contribution in [0.25, 0.3) is 0 Å². The maximum atomic E-state index is 11.5. The first-order chi connectivity index (χ1) is 11.2. The molecule has 0 radical (unpaired) electrons. The highest BCUT2D eigenvalue weighted by atomic mass is 16.5. The lowest BCUT2D eigenvalue weighted by Gasteiger charge is -2.51. The van der Waals surface area contributed by atoms with Crippen LogP contribution < -0.4 is 4.74 Å². The van der Waals surface area contributed by atoms with E-state index in [2.05, 4.69) is 39.8 Å². The Bertz CT molecular complexity index is 620. The zero-order chi connectivity index (χ0) is 17.7. The second-order valence-corrected chi connectivity index (χ2v) is 8.82. The second kappa shape index (κ2) is 6.03. The smallest absolute Gasteiger partial charge is 0.122 e. The Morgan fingerprint density at radius 1 is 1.17 bits per heavy atom. The van der Waals surface area contributed by atoms with Crippen molar-refractivity contribution in [2.75, 3.05) is 7.11 Å².